The van der Waals surface area contributed by atoms with Gasteiger partial charge < -0.3 is 14.8 Å². The van der Waals surface area contributed by atoms with Crippen molar-refractivity contribution in [3.8, 4) is 0 Å². The van der Waals surface area contributed by atoms with Crippen molar-refractivity contribution in [2.75, 3.05) is 13.7 Å². The van der Waals surface area contributed by atoms with E-state index in [1.807, 2.05) is 5.32 Å². The predicted octanol–water partition coefficient (Wildman–Crippen LogP) is 2.65. The lowest BCUT2D eigenvalue weighted by Gasteiger charge is -2.28. The molecule has 0 aliphatic rings. The summed E-state index contributed by atoms with van der Waals surface area (Å²) in [6.07, 6.45) is -5.92. The summed E-state index contributed by atoms with van der Waals surface area (Å²) in [7, 11) is 0.847. The lowest BCUT2D eigenvalue weighted by Crippen LogP contribution is -2.51. The van der Waals surface area contributed by atoms with Crippen molar-refractivity contribution in [3.05, 3.63) is 35.9 Å². The average Bonchev–Trinajstić information content (AvgIpc) is 2.49. The van der Waals surface area contributed by atoms with Gasteiger partial charge in [-0.2, -0.15) is 13.2 Å². The molecule has 0 saturated carbocycles. The molecule has 1 aromatic carbocycles. The number of rotatable bonds is 5. The van der Waals surface area contributed by atoms with Gasteiger partial charge in [-0.3, -0.25) is 4.79 Å². The van der Waals surface area contributed by atoms with E-state index in [0.29, 0.717) is 12.5 Å². The minimum absolute atomic E-state index is 0.0897. The molecule has 1 atom stereocenters. The third-order valence-electron chi connectivity index (χ3n) is 3.06. The van der Waals surface area contributed by atoms with Gasteiger partial charge in [0.05, 0.1) is 7.11 Å². The summed E-state index contributed by atoms with van der Waals surface area (Å²) >= 11 is 0. The maximum Gasteiger partial charge on any atom is 0.407 e. The highest BCUT2D eigenvalue weighted by Crippen LogP contribution is 2.38. The zero-order valence-electron chi connectivity index (χ0n) is 12.1. The van der Waals surface area contributed by atoms with Crippen molar-refractivity contribution in [2.24, 2.45) is 5.41 Å². The largest absolute Gasteiger partial charge is 0.468 e. The highest BCUT2D eigenvalue weighted by molar-refractivity contribution is 5.78. The van der Waals surface area contributed by atoms with Gasteiger partial charge in [-0.1, -0.05) is 30.3 Å². The number of amides is 1. The minimum Gasteiger partial charge on any atom is -0.468 e. The first-order valence-corrected chi connectivity index (χ1v) is 6.30. The number of esters is 1. The smallest absolute Gasteiger partial charge is 0.407 e. The Hall–Kier alpha value is -2.25. The molecule has 1 unspecified atom stereocenters. The zero-order chi connectivity index (χ0) is 16.8. The molecule has 0 aliphatic heterocycles. The van der Waals surface area contributed by atoms with E-state index in [1.165, 1.54) is 0 Å². The van der Waals surface area contributed by atoms with Crippen LogP contribution in [-0.2, 0) is 20.9 Å². The first kappa shape index (κ1) is 17.8. The Labute approximate surface area is 125 Å². The van der Waals surface area contributed by atoms with Crippen LogP contribution in [0.2, 0.25) is 0 Å². The molecule has 0 fully saturated rings. The van der Waals surface area contributed by atoms with Crippen LogP contribution in [0.25, 0.3) is 0 Å². The van der Waals surface area contributed by atoms with Gasteiger partial charge in [0.15, 0.2) is 5.41 Å². The summed E-state index contributed by atoms with van der Waals surface area (Å²) in [5.74, 6) is -1.48. The number of carbonyl (C=O) groups excluding carboxylic acids is 2. The Bertz CT molecular complexity index is 519. The predicted molar refractivity (Wildman–Crippen MR) is 70.8 cm³/mol. The summed E-state index contributed by atoms with van der Waals surface area (Å²) < 4.78 is 47.8. The number of ether oxygens (including phenoxy) is 2. The van der Waals surface area contributed by atoms with E-state index < -0.39 is 30.2 Å². The molecule has 0 bridgehead atoms. The number of hydrogen-bond donors (Lipinski definition) is 1. The van der Waals surface area contributed by atoms with Gasteiger partial charge in [0.25, 0.3) is 0 Å². The number of alkyl carbamates (subject to hydrolysis) is 1. The molecule has 0 saturated heterocycles. The molecule has 1 amide bonds. The molecule has 122 valence electrons. The average molecular weight is 319 g/mol. The Kier molecular flexibility index (Phi) is 5.78. The highest BCUT2D eigenvalue weighted by Gasteiger charge is 2.58. The molecular weight excluding hydrogens is 303 g/mol. The highest BCUT2D eigenvalue weighted by atomic mass is 19.4. The van der Waals surface area contributed by atoms with E-state index >= 15 is 0 Å². The summed E-state index contributed by atoms with van der Waals surface area (Å²) in [6.45, 7) is -0.416. The maximum absolute atomic E-state index is 13.0. The van der Waals surface area contributed by atoms with Crippen LogP contribution in [0.15, 0.2) is 30.3 Å². The van der Waals surface area contributed by atoms with Gasteiger partial charge >= 0.3 is 18.2 Å². The number of nitrogens with one attached hydrogen (secondary N) is 1. The van der Waals surface area contributed by atoms with Crippen LogP contribution in [0.1, 0.15) is 12.5 Å². The fourth-order valence-corrected chi connectivity index (χ4v) is 1.54. The van der Waals surface area contributed by atoms with E-state index in [0.717, 1.165) is 7.11 Å². The van der Waals surface area contributed by atoms with Gasteiger partial charge in [-0.05, 0) is 12.5 Å². The molecule has 0 aliphatic carbocycles. The van der Waals surface area contributed by atoms with E-state index in [1.54, 1.807) is 30.3 Å². The summed E-state index contributed by atoms with van der Waals surface area (Å²) in [5, 5.41) is 1.93. The second-order valence-electron chi connectivity index (χ2n) is 4.74. The molecule has 1 rings (SSSR count). The molecule has 0 heterocycles. The van der Waals surface area contributed by atoms with Crippen LogP contribution in [0.4, 0.5) is 18.0 Å². The van der Waals surface area contributed by atoms with Gasteiger partial charge in [0, 0.05) is 6.54 Å². The monoisotopic (exact) mass is 319 g/mol. The number of halogens is 3. The summed E-state index contributed by atoms with van der Waals surface area (Å²) in [6, 6.07) is 8.63. The molecular formula is C14H16F3NO4. The molecule has 5 nitrogen and oxygen atoms in total. The Morgan fingerprint density at radius 2 is 1.77 bits per heavy atom. The Morgan fingerprint density at radius 3 is 2.27 bits per heavy atom. The summed E-state index contributed by atoms with van der Waals surface area (Å²) in [5.41, 5.74) is -2.16. The molecule has 1 aromatic rings. The fourth-order valence-electron chi connectivity index (χ4n) is 1.54. The van der Waals surface area contributed by atoms with Crippen molar-refractivity contribution < 1.29 is 32.2 Å². The van der Waals surface area contributed by atoms with E-state index in [9.17, 15) is 22.8 Å². The van der Waals surface area contributed by atoms with Gasteiger partial charge in [0.2, 0.25) is 0 Å². The molecule has 0 radical (unpaired) electrons. The number of alkyl halides is 3. The van der Waals surface area contributed by atoms with Crippen LogP contribution >= 0.6 is 0 Å². The lowest BCUT2D eigenvalue weighted by atomic mass is 9.90. The van der Waals surface area contributed by atoms with Crippen molar-refractivity contribution >= 4 is 12.1 Å². The normalized spacial score (nSPS) is 13.9. The van der Waals surface area contributed by atoms with Crippen molar-refractivity contribution in [1.29, 1.82) is 0 Å². The quantitative estimate of drug-likeness (QED) is 0.848. The molecule has 1 N–H and O–H groups in total. The SMILES string of the molecule is COC(=O)C(C)(CNC(=O)OCc1ccccc1)C(F)(F)F. The van der Waals surface area contributed by atoms with E-state index in [-0.39, 0.29) is 6.61 Å². The Balaban J connectivity index is 2.58. The number of benzene rings is 1. The first-order chi connectivity index (χ1) is 10.2. The second kappa shape index (κ2) is 7.15. The Morgan fingerprint density at radius 1 is 1.18 bits per heavy atom. The van der Waals surface area contributed by atoms with Crippen LogP contribution in [0.5, 0.6) is 0 Å². The van der Waals surface area contributed by atoms with Crippen LogP contribution in [-0.4, -0.2) is 31.9 Å². The zero-order valence-corrected chi connectivity index (χ0v) is 12.1. The molecule has 22 heavy (non-hydrogen) atoms. The fraction of sp³-hybridized carbons (Fsp3) is 0.429. The van der Waals surface area contributed by atoms with Crippen LogP contribution < -0.4 is 5.32 Å². The number of carbonyl (C=O) groups is 2. The first-order valence-electron chi connectivity index (χ1n) is 6.30. The van der Waals surface area contributed by atoms with Crippen LogP contribution in [0, 0.1) is 5.41 Å². The van der Waals surface area contributed by atoms with Crippen LogP contribution in [0.3, 0.4) is 0 Å². The van der Waals surface area contributed by atoms with E-state index in [2.05, 4.69) is 4.74 Å². The molecule has 0 aromatic heterocycles. The standard InChI is InChI=1S/C14H16F3NO4/c1-13(11(19)21-2,14(15,16)17)9-18-12(20)22-8-10-6-4-3-5-7-10/h3-7H,8-9H2,1-2H3,(H,18,20). The maximum atomic E-state index is 13.0. The third kappa shape index (κ3) is 4.37. The van der Waals surface area contributed by atoms with Crippen molar-refractivity contribution in [1.82, 2.24) is 5.32 Å². The minimum atomic E-state index is -4.87. The van der Waals surface area contributed by atoms with Gasteiger partial charge in [-0.15, -0.1) is 0 Å². The molecule has 8 heteroatoms. The topological polar surface area (TPSA) is 64.6 Å². The van der Waals surface area contributed by atoms with Crippen molar-refractivity contribution in [3.63, 3.8) is 0 Å². The van der Waals surface area contributed by atoms with E-state index in [4.69, 9.17) is 4.74 Å². The lowest BCUT2D eigenvalue weighted by molar-refractivity contribution is -0.226. The van der Waals surface area contributed by atoms with Gasteiger partial charge in [0.1, 0.15) is 6.61 Å². The second-order valence-corrected chi connectivity index (χ2v) is 4.74. The third-order valence-corrected chi connectivity index (χ3v) is 3.06. The molecule has 0 spiro atoms. The number of methoxy groups -OCH3 is 1. The number of hydrogen-bond acceptors (Lipinski definition) is 4. The van der Waals surface area contributed by atoms with Crippen molar-refractivity contribution in [2.45, 2.75) is 19.7 Å². The summed E-state index contributed by atoms with van der Waals surface area (Å²) in [4.78, 5) is 22.8. The van der Waals surface area contributed by atoms with Gasteiger partial charge in [-0.25, -0.2) is 4.79 Å².